The van der Waals surface area contributed by atoms with E-state index in [4.69, 9.17) is 9.39 Å². The van der Waals surface area contributed by atoms with Crippen LogP contribution in [0, 0.1) is 6.07 Å². The van der Waals surface area contributed by atoms with Gasteiger partial charge in [0.05, 0.1) is 6.61 Å². The maximum absolute atomic E-state index is 5.62. The van der Waals surface area contributed by atoms with Crippen molar-refractivity contribution in [2.24, 2.45) is 0 Å². The van der Waals surface area contributed by atoms with Crippen LogP contribution in [0.4, 0.5) is 0 Å². The van der Waals surface area contributed by atoms with Crippen molar-refractivity contribution in [2.75, 3.05) is 0 Å². The van der Waals surface area contributed by atoms with Crippen molar-refractivity contribution in [3.8, 4) is 11.6 Å². The van der Waals surface area contributed by atoms with Gasteiger partial charge < -0.3 is 9.39 Å². The molecule has 0 bridgehead atoms. The molecule has 18 heavy (non-hydrogen) atoms. The third-order valence-corrected chi connectivity index (χ3v) is 2.84. The summed E-state index contributed by atoms with van der Waals surface area (Å²) in [5.41, 5.74) is 2.42. The van der Waals surface area contributed by atoms with Gasteiger partial charge in [-0.25, -0.2) is 6.07 Å². The standard InChI is InChI=1S/C13H11BNO2.Re/c1-14-12-6-5-11(8-10(12)9-16-14)17-13-4-2-3-7-15-13;/h2-3,5-8H,9H2,1H3;/q-1;. The van der Waals surface area contributed by atoms with Crippen molar-refractivity contribution in [1.29, 1.82) is 0 Å². The number of benzene rings is 1. The van der Waals surface area contributed by atoms with Crippen molar-refractivity contribution in [2.45, 2.75) is 13.4 Å². The minimum Gasteiger partial charge on any atom is -0.458 e. The van der Waals surface area contributed by atoms with Gasteiger partial charge in [0, 0.05) is 20.4 Å². The number of pyridine rings is 1. The second-order valence-electron chi connectivity index (χ2n) is 4.00. The predicted octanol–water partition coefficient (Wildman–Crippen LogP) is 2.03. The Morgan fingerprint density at radius 2 is 2.33 bits per heavy atom. The molecule has 0 fully saturated rings. The van der Waals surface area contributed by atoms with Crippen LogP contribution in [0.5, 0.6) is 11.6 Å². The van der Waals surface area contributed by atoms with Crippen molar-refractivity contribution >= 4 is 12.4 Å². The summed E-state index contributed by atoms with van der Waals surface area (Å²) in [4.78, 5) is 4.07. The number of aromatic nitrogens is 1. The molecule has 2 aromatic rings. The molecule has 1 aromatic heterocycles. The quantitative estimate of drug-likeness (QED) is 0.561. The van der Waals surface area contributed by atoms with Gasteiger partial charge in [0.25, 0.3) is 0 Å². The van der Waals surface area contributed by atoms with Gasteiger partial charge in [0.2, 0.25) is 0 Å². The van der Waals surface area contributed by atoms with Crippen molar-refractivity contribution in [3.63, 3.8) is 0 Å². The number of ether oxygens (including phenoxy) is 1. The number of rotatable bonds is 2. The minimum absolute atomic E-state index is 0. The third-order valence-electron chi connectivity index (χ3n) is 2.84. The maximum atomic E-state index is 5.62. The molecule has 2 heterocycles. The van der Waals surface area contributed by atoms with E-state index in [1.807, 2.05) is 24.3 Å². The molecule has 0 spiro atoms. The Hall–Kier alpha value is -1.14. The van der Waals surface area contributed by atoms with Crippen molar-refractivity contribution in [1.82, 2.24) is 4.98 Å². The monoisotopic (exact) mass is 411 g/mol. The van der Waals surface area contributed by atoms with E-state index in [0.717, 1.165) is 5.75 Å². The van der Waals surface area contributed by atoms with Crippen LogP contribution in [-0.2, 0) is 31.7 Å². The number of hydrogen-bond donors (Lipinski definition) is 0. The molecule has 3 rings (SSSR count). The fourth-order valence-corrected chi connectivity index (χ4v) is 1.95. The van der Waals surface area contributed by atoms with E-state index in [1.54, 1.807) is 12.3 Å². The molecule has 1 aliphatic rings. The van der Waals surface area contributed by atoms with Gasteiger partial charge in [-0.2, -0.15) is 12.1 Å². The Bertz CT molecular complexity index is 536. The normalized spacial score (nSPS) is 12.8. The zero-order valence-corrected chi connectivity index (χ0v) is 12.6. The molecule has 0 amide bonds. The SMILES string of the molecule is CB1OCc2cc(Oc3[c-]cccn3)ccc21.[Re]. The molecule has 0 atom stereocenters. The van der Waals surface area contributed by atoms with Crippen molar-refractivity contribution < 1.29 is 29.8 Å². The average Bonchev–Trinajstić information content (AvgIpc) is 2.72. The Labute approximate surface area is 120 Å². The molecule has 91 valence electrons. The summed E-state index contributed by atoms with van der Waals surface area (Å²) in [7, 11) is 0. The summed E-state index contributed by atoms with van der Waals surface area (Å²) in [5.74, 6) is 1.26. The topological polar surface area (TPSA) is 31.4 Å². The molecule has 0 unspecified atom stereocenters. The molecule has 0 saturated heterocycles. The van der Waals surface area contributed by atoms with Gasteiger partial charge in [0.15, 0.2) is 0 Å². The van der Waals surface area contributed by atoms with Crippen LogP contribution < -0.4 is 10.2 Å². The second kappa shape index (κ2) is 5.66. The first-order valence-electron chi connectivity index (χ1n) is 5.58. The third kappa shape index (κ3) is 2.64. The molecular formula is C13H11BNO2Re-. The Morgan fingerprint density at radius 3 is 3.11 bits per heavy atom. The van der Waals surface area contributed by atoms with E-state index in [2.05, 4.69) is 17.9 Å². The van der Waals surface area contributed by atoms with Gasteiger partial charge in [0.1, 0.15) is 11.6 Å². The van der Waals surface area contributed by atoms with Crippen LogP contribution in [0.15, 0.2) is 36.5 Å². The summed E-state index contributed by atoms with van der Waals surface area (Å²) in [5, 5.41) is 0. The number of hydrogen-bond acceptors (Lipinski definition) is 3. The largest absolute Gasteiger partial charge is 0.458 e. The molecule has 0 aliphatic carbocycles. The molecule has 1 aromatic carbocycles. The van der Waals surface area contributed by atoms with Gasteiger partial charge in [-0.05, 0) is 23.2 Å². The predicted molar refractivity (Wildman–Crippen MR) is 65.6 cm³/mol. The number of nitrogens with zero attached hydrogens (tertiary/aromatic N) is 1. The summed E-state index contributed by atoms with van der Waals surface area (Å²) in [6, 6.07) is 12.5. The molecule has 5 heteroatoms. The summed E-state index contributed by atoms with van der Waals surface area (Å²) in [6.07, 6.45) is 1.68. The fourth-order valence-electron chi connectivity index (χ4n) is 1.95. The van der Waals surface area contributed by atoms with E-state index in [9.17, 15) is 0 Å². The van der Waals surface area contributed by atoms with Crippen LogP contribution in [0.25, 0.3) is 0 Å². The first kappa shape index (κ1) is 13.3. The Morgan fingerprint density at radius 1 is 1.44 bits per heavy atom. The average molecular weight is 410 g/mol. The van der Waals surface area contributed by atoms with Gasteiger partial charge in [-0.3, -0.25) is 4.98 Å². The molecule has 1 radical (unpaired) electrons. The molecule has 0 saturated carbocycles. The first-order valence-corrected chi connectivity index (χ1v) is 5.58. The number of fused-ring (bicyclic) bond motifs is 1. The Kier molecular flexibility index (Phi) is 4.18. The molecule has 3 nitrogen and oxygen atoms in total. The van der Waals surface area contributed by atoms with Gasteiger partial charge in [-0.15, -0.1) is 0 Å². The maximum Gasteiger partial charge on any atom is 0.324 e. The summed E-state index contributed by atoms with van der Waals surface area (Å²) in [6.45, 7) is 2.89. The van der Waals surface area contributed by atoms with Crippen LogP contribution >= 0.6 is 0 Å². The van der Waals surface area contributed by atoms with Crippen molar-refractivity contribution in [3.05, 3.63) is 48.2 Å². The molecule has 0 N–H and O–H groups in total. The van der Waals surface area contributed by atoms with E-state index in [1.165, 1.54) is 11.0 Å². The van der Waals surface area contributed by atoms with Gasteiger partial charge >= 0.3 is 6.92 Å². The van der Waals surface area contributed by atoms with Crippen LogP contribution in [0.2, 0.25) is 6.82 Å². The Balaban J connectivity index is 0.00000120. The second-order valence-corrected chi connectivity index (χ2v) is 4.00. The van der Waals surface area contributed by atoms with E-state index in [0.29, 0.717) is 12.5 Å². The smallest absolute Gasteiger partial charge is 0.324 e. The van der Waals surface area contributed by atoms with Crippen LogP contribution in [0.3, 0.4) is 0 Å². The molecular weight excluding hydrogens is 399 g/mol. The minimum atomic E-state index is 0. The fraction of sp³-hybridized carbons (Fsp3) is 0.154. The molecule has 1 aliphatic heterocycles. The summed E-state index contributed by atoms with van der Waals surface area (Å²) >= 11 is 0. The van der Waals surface area contributed by atoms with E-state index >= 15 is 0 Å². The zero-order valence-electron chi connectivity index (χ0n) is 9.89. The zero-order chi connectivity index (χ0) is 11.7. The van der Waals surface area contributed by atoms with E-state index in [-0.39, 0.29) is 27.3 Å². The van der Waals surface area contributed by atoms with Crippen LogP contribution in [0.1, 0.15) is 5.56 Å². The van der Waals surface area contributed by atoms with E-state index < -0.39 is 0 Å². The van der Waals surface area contributed by atoms with Gasteiger partial charge in [-0.1, -0.05) is 19.1 Å². The first-order chi connectivity index (χ1) is 8.33. The van der Waals surface area contributed by atoms with Crippen LogP contribution in [-0.4, -0.2) is 11.9 Å². The summed E-state index contributed by atoms with van der Waals surface area (Å²) < 4.78 is 11.2.